The van der Waals surface area contributed by atoms with Crippen molar-refractivity contribution in [3.8, 4) is 51.6 Å². The lowest BCUT2D eigenvalue weighted by Gasteiger charge is -2.14. The van der Waals surface area contributed by atoms with Gasteiger partial charge >= 0.3 is 0 Å². The SMILES string of the molecule is N#Cc1cc(C#N)c(-c2cc(-c3ccc4c(c3)oc3ccccc34)cc(-c3ccc4c(c3)sc3ccccc34)c2)c(C#N)c1. The van der Waals surface area contributed by atoms with Gasteiger partial charge in [0.2, 0.25) is 0 Å². The molecule has 0 amide bonds. The lowest BCUT2D eigenvalue weighted by molar-refractivity contribution is 0.669. The fraction of sp³-hybridized carbons (Fsp3) is 0. The Kier molecular flexibility index (Phi) is 5.78. The van der Waals surface area contributed by atoms with Crippen LogP contribution in [0.1, 0.15) is 16.7 Å². The van der Waals surface area contributed by atoms with Crippen LogP contribution in [0.4, 0.5) is 0 Å². The fourth-order valence-corrected chi connectivity index (χ4v) is 7.26. The molecule has 6 aromatic carbocycles. The van der Waals surface area contributed by atoms with Crippen molar-refractivity contribution in [2.45, 2.75) is 0 Å². The summed E-state index contributed by atoms with van der Waals surface area (Å²) in [4.78, 5) is 0. The van der Waals surface area contributed by atoms with E-state index < -0.39 is 0 Å². The highest BCUT2D eigenvalue weighted by atomic mass is 32.1. The molecule has 5 heteroatoms. The molecule has 0 fully saturated rings. The first-order chi connectivity index (χ1) is 21.6. The quantitative estimate of drug-likeness (QED) is 0.209. The number of rotatable bonds is 3. The van der Waals surface area contributed by atoms with Gasteiger partial charge in [-0.15, -0.1) is 11.3 Å². The van der Waals surface area contributed by atoms with E-state index in [-0.39, 0.29) is 16.7 Å². The molecule has 0 N–H and O–H groups in total. The number of nitriles is 3. The molecule has 0 saturated carbocycles. The van der Waals surface area contributed by atoms with Crippen LogP contribution >= 0.6 is 11.3 Å². The van der Waals surface area contributed by atoms with Crippen molar-refractivity contribution in [3.05, 3.63) is 132 Å². The highest BCUT2D eigenvalue weighted by Crippen LogP contribution is 2.40. The van der Waals surface area contributed by atoms with Gasteiger partial charge in [0.25, 0.3) is 0 Å². The summed E-state index contributed by atoms with van der Waals surface area (Å²) >= 11 is 1.76. The Morgan fingerprint density at radius 1 is 0.455 bits per heavy atom. The van der Waals surface area contributed by atoms with Crippen molar-refractivity contribution in [1.29, 1.82) is 15.8 Å². The number of benzene rings is 6. The van der Waals surface area contributed by atoms with Gasteiger partial charge in [0.1, 0.15) is 11.2 Å². The molecular weight excluding hydrogens is 559 g/mol. The Balaban J connectivity index is 1.38. The fourth-order valence-electron chi connectivity index (χ4n) is 6.11. The first-order valence-electron chi connectivity index (χ1n) is 14.0. The van der Waals surface area contributed by atoms with E-state index in [9.17, 15) is 15.8 Å². The summed E-state index contributed by atoms with van der Waals surface area (Å²) in [5.41, 5.74) is 7.59. The van der Waals surface area contributed by atoms with Crippen LogP contribution in [0.3, 0.4) is 0 Å². The van der Waals surface area contributed by atoms with E-state index in [4.69, 9.17) is 4.42 Å². The third-order valence-corrected chi connectivity index (χ3v) is 9.29. The van der Waals surface area contributed by atoms with E-state index in [2.05, 4.69) is 84.9 Å². The Morgan fingerprint density at radius 2 is 1.05 bits per heavy atom. The van der Waals surface area contributed by atoms with Gasteiger partial charge in [-0.1, -0.05) is 54.6 Å². The summed E-state index contributed by atoms with van der Waals surface area (Å²) in [6.45, 7) is 0. The zero-order valence-electron chi connectivity index (χ0n) is 23.1. The van der Waals surface area contributed by atoms with Crippen LogP contribution in [-0.2, 0) is 0 Å². The molecule has 8 aromatic rings. The number of furan rings is 1. The molecule has 0 spiro atoms. The predicted octanol–water partition coefficient (Wildman–Crippen LogP) is 10.6. The van der Waals surface area contributed by atoms with Crippen molar-refractivity contribution in [3.63, 3.8) is 0 Å². The average molecular weight is 578 g/mol. The second-order valence-corrected chi connectivity index (χ2v) is 11.8. The summed E-state index contributed by atoms with van der Waals surface area (Å²) in [7, 11) is 0. The van der Waals surface area contributed by atoms with Crippen LogP contribution in [0.5, 0.6) is 0 Å². The molecule has 0 aliphatic carbocycles. The van der Waals surface area contributed by atoms with Gasteiger partial charge in [0, 0.05) is 36.5 Å². The van der Waals surface area contributed by atoms with Crippen molar-refractivity contribution in [2.75, 3.05) is 0 Å². The van der Waals surface area contributed by atoms with Crippen LogP contribution in [0.25, 0.3) is 75.5 Å². The van der Waals surface area contributed by atoms with E-state index in [0.29, 0.717) is 5.56 Å². The van der Waals surface area contributed by atoms with Gasteiger partial charge < -0.3 is 4.42 Å². The summed E-state index contributed by atoms with van der Waals surface area (Å²) in [6, 6.07) is 44.9. The van der Waals surface area contributed by atoms with Crippen LogP contribution in [0, 0.1) is 34.0 Å². The number of thiophene rings is 1. The highest BCUT2D eigenvalue weighted by molar-refractivity contribution is 7.25. The monoisotopic (exact) mass is 577 g/mol. The Hall–Kier alpha value is -6.19. The Morgan fingerprint density at radius 3 is 1.77 bits per heavy atom. The summed E-state index contributed by atoms with van der Waals surface area (Å²) in [6.07, 6.45) is 0. The predicted molar refractivity (Wildman–Crippen MR) is 177 cm³/mol. The second kappa shape index (κ2) is 9.97. The molecular formula is C39H19N3OS. The van der Waals surface area contributed by atoms with Crippen molar-refractivity contribution in [1.82, 2.24) is 0 Å². The van der Waals surface area contributed by atoms with Gasteiger partial charge in [-0.3, -0.25) is 0 Å². The molecule has 0 bridgehead atoms. The lowest BCUT2D eigenvalue weighted by Crippen LogP contribution is -1.94. The largest absolute Gasteiger partial charge is 0.456 e. The minimum absolute atomic E-state index is 0.281. The molecule has 2 heterocycles. The zero-order chi connectivity index (χ0) is 29.8. The van der Waals surface area contributed by atoms with Crippen LogP contribution < -0.4 is 0 Å². The zero-order valence-corrected chi connectivity index (χ0v) is 23.9. The highest BCUT2D eigenvalue weighted by Gasteiger charge is 2.17. The molecule has 0 radical (unpaired) electrons. The van der Waals surface area contributed by atoms with Crippen LogP contribution in [0.2, 0.25) is 0 Å². The van der Waals surface area contributed by atoms with E-state index in [1.807, 2.05) is 36.4 Å². The third-order valence-electron chi connectivity index (χ3n) is 8.15. The molecule has 202 valence electrons. The van der Waals surface area contributed by atoms with Gasteiger partial charge in [0.15, 0.2) is 0 Å². The summed E-state index contributed by atoms with van der Waals surface area (Å²) in [5, 5.41) is 34.3. The number of hydrogen-bond donors (Lipinski definition) is 0. The van der Waals surface area contributed by atoms with Gasteiger partial charge in [-0.2, -0.15) is 15.8 Å². The first-order valence-corrected chi connectivity index (χ1v) is 14.8. The van der Waals surface area contributed by atoms with Crippen molar-refractivity contribution < 1.29 is 4.42 Å². The maximum absolute atomic E-state index is 10.1. The Bertz CT molecular complexity index is 2440. The summed E-state index contributed by atoms with van der Waals surface area (Å²) in [5.74, 6) is 0. The van der Waals surface area contributed by atoms with E-state index in [1.54, 1.807) is 23.5 Å². The number of hydrogen-bond acceptors (Lipinski definition) is 5. The van der Waals surface area contributed by atoms with Crippen LogP contribution in [-0.4, -0.2) is 0 Å². The van der Waals surface area contributed by atoms with E-state index in [1.165, 1.54) is 20.2 Å². The van der Waals surface area contributed by atoms with Crippen molar-refractivity contribution in [2.24, 2.45) is 0 Å². The lowest BCUT2D eigenvalue weighted by atomic mass is 9.88. The molecule has 4 nitrogen and oxygen atoms in total. The van der Waals surface area contributed by atoms with E-state index in [0.717, 1.165) is 49.8 Å². The van der Waals surface area contributed by atoms with Gasteiger partial charge in [-0.25, -0.2) is 0 Å². The molecule has 0 aliphatic rings. The Labute approximate surface area is 256 Å². The number of nitrogens with zero attached hydrogens (tertiary/aromatic N) is 3. The third kappa shape index (κ3) is 4.03. The molecule has 44 heavy (non-hydrogen) atoms. The van der Waals surface area contributed by atoms with Crippen LogP contribution in [0.15, 0.2) is 120 Å². The molecule has 2 aromatic heterocycles. The minimum Gasteiger partial charge on any atom is -0.456 e. The van der Waals surface area contributed by atoms with E-state index >= 15 is 0 Å². The standard InChI is InChI=1S/C39H19N3OS/c40-20-23-13-29(21-41)39(30(14-23)22-42)28-16-26(24-9-11-32-31-5-1-3-7-35(31)43-36(32)18-24)15-27(17-28)25-10-12-34-33-6-2-4-8-37(33)44-38(34)19-25/h1-19H. The van der Waals surface area contributed by atoms with Crippen molar-refractivity contribution >= 4 is 53.4 Å². The molecule has 0 aliphatic heterocycles. The van der Waals surface area contributed by atoms with Gasteiger partial charge in [0.05, 0.1) is 34.9 Å². The normalized spacial score (nSPS) is 11.1. The first kappa shape index (κ1) is 25.5. The molecule has 8 rings (SSSR count). The summed E-state index contributed by atoms with van der Waals surface area (Å²) < 4.78 is 8.63. The molecule has 0 atom stereocenters. The average Bonchev–Trinajstić information content (AvgIpc) is 3.64. The maximum Gasteiger partial charge on any atom is 0.136 e. The number of fused-ring (bicyclic) bond motifs is 6. The van der Waals surface area contributed by atoms with Gasteiger partial charge in [-0.05, 0) is 88.5 Å². The maximum atomic E-state index is 10.1. The second-order valence-electron chi connectivity index (χ2n) is 10.7. The molecule has 0 unspecified atom stereocenters. The number of para-hydroxylation sites is 1. The smallest absolute Gasteiger partial charge is 0.136 e. The minimum atomic E-state index is 0.281. The molecule has 0 saturated heterocycles. The topological polar surface area (TPSA) is 84.5 Å².